The molecule has 83 valence electrons. The number of carbonyl (C=O) groups is 1. The molecule has 2 nitrogen and oxygen atoms in total. The van der Waals surface area contributed by atoms with E-state index in [1.807, 2.05) is 0 Å². The molecule has 1 N–H and O–H groups in total. The summed E-state index contributed by atoms with van der Waals surface area (Å²) < 4.78 is -1.39. The Hall–Kier alpha value is 0.500. The van der Waals surface area contributed by atoms with Crippen molar-refractivity contribution in [1.82, 2.24) is 0 Å². The second-order valence-electron chi connectivity index (χ2n) is 3.79. The van der Waals surface area contributed by atoms with E-state index in [2.05, 4.69) is 6.92 Å². The fourth-order valence-corrected chi connectivity index (χ4v) is 2.20. The Balaban J connectivity index is 4.13. The summed E-state index contributed by atoms with van der Waals surface area (Å²) in [5.41, 5.74) is -0.600. The van der Waals surface area contributed by atoms with Crippen LogP contribution < -0.4 is 0 Å². The number of hydrogen-bond donors (Lipinski definition) is 1. The van der Waals surface area contributed by atoms with Gasteiger partial charge in [-0.1, -0.05) is 41.7 Å². The summed E-state index contributed by atoms with van der Waals surface area (Å²) in [5.74, 6) is -0.0701. The van der Waals surface area contributed by atoms with E-state index in [0.717, 1.165) is 0 Å². The minimum atomic E-state index is -1.39. The third-order valence-electron chi connectivity index (χ3n) is 1.64. The quantitative estimate of drug-likeness (QED) is 0.772. The van der Waals surface area contributed by atoms with Crippen LogP contribution in [0, 0.1) is 12.3 Å². The molecule has 0 aliphatic rings. The van der Waals surface area contributed by atoms with Crippen molar-refractivity contribution in [3.05, 3.63) is 6.92 Å². The van der Waals surface area contributed by atoms with E-state index in [1.54, 1.807) is 6.92 Å². The zero-order valence-corrected chi connectivity index (χ0v) is 10.3. The minimum absolute atomic E-state index is 0.0701. The Morgan fingerprint density at radius 1 is 1.43 bits per heavy atom. The molecule has 0 aliphatic carbocycles. The molecule has 0 saturated heterocycles. The van der Waals surface area contributed by atoms with Crippen molar-refractivity contribution >= 4 is 40.6 Å². The highest BCUT2D eigenvalue weighted by molar-refractivity contribution is 6.67. The maximum Gasteiger partial charge on any atom is 0.191 e. The Bertz CT molecular complexity index is 197. The maximum atomic E-state index is 11.2. The first-order valence-electron chi connectivity index (χ1n) is 4.21. The number of hydrogen-bond acceptors (Lipinski definition) is 2. The highest BCUT2D eigenvalue weighted by atomic mass is 35.6. The summed E-state index contributed by atoms with van der Waals surface area (Å²) in [4.78, 5) is 11.2. The standard InChI is InChI=1S/C9H14Cl3O2/c1-8(2,6-9(10,11)12)5-7(14)3-4-13/h13H,1,3-6H2,2H3. The molecule has 0 amide bonds. The fourth-order valence-electron chi connectivity index (χ4n) is 1.24. The molecule has 0 aromatic heterocycles. The first-order valence-corrected chi connectivity index (χ1v) is 5.34. The second kappa shape index (κ2) is 5.55. The minimum Gasteiger partial charge on any atom is -0.396 e. The number of halogens is 3. The van der Waals surface area contributed by atoms with Gasteiger partial charge < -0.3 is 5.11 Å². The van der Waals surface area contributed by atoms with Gasteiger partial charge in [0.2, 0.25) is 0 Å². The number of Topliss-reactive ketones (excluding diaryl/α,β-unsaturated/α-hetero) is 1. The van der Waals surface area contributed by atoms with Crippen LogP contribution in [0.25, 0.3) is 0 Å². The number of ketones is 1. The van der Waals surface area contributed by atoms with Crippen LogP contribution in [0.5, 0.6) is 0 Å². The first kappa shape index (κ1) is 14.5. The molecule has 0 heterocycles. The van der Waals surface area contributed by atoms with E-state index in [4.69, 9.17) is 39.9 Å². The number of carbonyl (C=O) groups excluding carboxylic acids is 1. The van der Waals surface area contributed by atoms with Gasteiger partial charge in [-0.3, -0.25) is 4.79 Å². The molecule has 0 fully saturated rings. The highest BCUT2D eigenvalue weighted by Gasteiger charge is 2.32. The first-order chi connectivity index (χ1) is 6.16. The Kier molecular flexibility index (Phi) is 5.75. The zero-order valence-electron chi connectivity index (χ0n) is 8.02. The van der Waals surface area contributed by atoms with Crippen molar-refractivity contribution in [3.8, 4) is 0 Å². The van der Waals surface area contributed by atoms with Gasteiger partial charge in [-0.15, -0.1) is 0 Å². The summed E-state index contributed by atoms with van der Waals surface area (Å²) in [6, 6.07) is 0. The van der Waals surface area contributed by atoms with Crippen molar-refractivity contribution in [3.63, 3.8) is 0 Å². The van der Waals surface area contributed by atoms with Gasteiger partial charge in [-0.05, 0) is 12.3 Å². The van der Waals surface area contributed by atoms with Gasteiger partial charge in [-0.2, -0.15) is 0 Å². The van der Waals surface area contributed by atoms with Gasteiger partial charge >= 0.3 is 0 Å². The van der Waals surface area contributed by atoms with Crippen molar-refractivity contribution in [2.24, 2.45) is 5.41 Å². The predicted octanol–water partition coefficient (Wildman–Crippen LogP) is 2.93. The van der Waals surface area contributed by atoms with Gasteiger partial charge in [-0.25, -0.2) is 0 Å². The van der Waals surface area contributed by atoms with E-state index in [1.165, 1.54) is 0 Å². The number of aliphatic hydroxyl groups is 1. The summed E-state index contributed by atoms with van der Waals surface area (Å²) >= 11 is 16.8. The molecule has 1 atom stereocenters. The average Bonchev–Trinajstić information content (AvgIpc) is 1.78. The van der Waals surface area contributed by atoms with E-state index in [9.17, 15) is 4.79 Å². The predicted molar refractivity (Wildman–Crippen MR) is 59.7 cm³/mol. The summed E-state index contributed by atoms with van der Waals surface area (Å²) in [6.45, 7) is 5.43. The SMILES string of the molecule is [CH2]C(C)(CC(=O)CCO)CC(Cl)(Cl)Cl. The van der Waals surface area contributed by atoms with E-state index in [-0.39, 0.29) is 31.7 Å². The zero-order chi connectivity index (χ0) is 11.4. The Morgan fingerprint density at radius 2 is 1.93 bits per heavy atom. The van der Waals surface area contributed by atoms with Crippen LogP contribution in [-0.4, -0.2) is 21.3 Å². The molecule has 0 aromatic carbocycles. The molecular weight excluding hydrogens is 246 g/mol. The lowest BCUT2D eigenvalue weighted by Gasteiger charge is -2.27. The third kappa shape index (κ3) is 7.86. The lowest BCUT2D eigenvalue weighted by atomic mass is 9.84. The normalized spacial score (nSPS) is 13.0. The van der Waals surface area contributed by atoms with Gasteiger partial charge in [0, 0.05) is 25.9 Å². The summed E-state index contributed by atoms with van der Waals surface area (Å²) in [5, 5.41) is 8.55. The average molecular weight is 261 g/mol. The van der Waals surface area contributed by atoms with Crippen LogP contribution in [0.4, 0.5) is 0 Å². The molecule has 0 spiro atoms. The van der Waals surface area contributed by atoms with Crippen LogP contribution in [0.15, 0.2) is 0 Å². The topological polar surface area (TPSA) is 37.3 Å². The molecule has 0 bridgehead atoms. The van der Waals surface area contributed by atoms with Gasteiger partial charge in [0.15, 0.2) is 3.79 Å². The van der Waals surface area contributed by atoms with Crippen molar-refractivity contribution in [2.75, 3.05) is 6.61 Å². The Labute approximate surface area is 99.5 Å². The molecule has 5 heteroatoms. The number of aliphatic hydroxyl groups excluding tert-OH is 1. The summed E-state index contributed by atoms with van der Waals surface area (Å²) in [7, 11) is 0. The van der Waals surface area contributed by atoms with Crippen molar-refractivity contribution < 1.29 is 9.90 Å². The van der Waals surface area contributed by atoms with Crippen molar-refractivity contribution in [2.45, 2.75) is 30.0 Å². The van der Waals surface area contributed by atoms with Gasteiger partial charge in [0.25, 0.3) is 0 Å². The van der Waals surface area contributed by atoms with Crippen LogP contribution in [-0.2, 0) is 4.79 Å². The summed E-state index contributed by atoms with van der Waals surface area (Å²) in [6.07, 6.45) is 0.550. The van der Waals surface area contributed by atoms with Gasteiger partial charge in [0.1, 0.15) is 5.78 Å². The van der Waals surface area contributed by atoms with E-state index < -0.39 is 9.21 Å². The number of rotatable bonds is 5. The monoisotopic (exact) mass is 259 g/mol. The van der Waals surface area contributed by atoms with E-state index >= 15 is 0 Å². The second-order valence-corrected chi connectivity index (χ2v) is 6.31. The molecule has 14 heavy (non-hydrogen) atoms. The molecule has 1 radical (unpaired) electrons. The van der Waals surface area contributed by atoms with E-state index in [0.29, 0.717) is 0 Å². The van der Waals surface area contributed by atoms with Crippen molar-refractivity contribution in [1.29, 1.82) is 0 Å². The molecule has 0 aromatic rings. The van der Waals surface area contributed by atoms with Crippen LogP contribution in [0.1, 0.15) is 26.2 Å². The fraction of sp³-hybridized carbons (Fsp3) is 0.778. The maximum absolute atomic E-state index is 11.2. The van der Waals surface area contributed by atoms with Crippen LogP contribution >= 0.6 is 34.8 Å². The highest BCUT2D eigenvalue weighted by Crippen LogP contribution is 2.40. The lowest BCUT2D eigenvalue weighted by molar-refractivity contribution is -0.121. The molecule has 0 rings (SSSR count). The molecule has 1 unspecified atom stereocenters. The third-order valence-corrected chi connectivity index (χ3v) is 2.04. The molecular formula is C9H14Cl3O2. The molecule has 0 aliphatic heterocycles. The van der Waals surface area contributed by atoms with Gasteiger partial charge in [0.05, 0.1) is 0 Å². The number of alkyl halides is 3. The molecule has 0 saturated carbocycles. The Morgan fingerprint density at radius 3 is 2.29 bits per heavy atom. The lowest BCUT2D eigenvalue weighted by Crippen LogP contribution is -2.24. The van der Waals surface area contributed by atoms with Crippen LogP contribution in [0.2, 0.25) is 0 Å². The smallest absolute Gasteiger partial charge is 0.191 e. The largest absolute Gasteiger partial charge is 0.396 e. The van der Waals surface area contributed by atoms with Crippen LogP contribution in [0.3, 0.4) is 0 Å².